The number of anilines is 1. The summed E-state index contributed by atoms with van der Waals surface area (Å²) < 4.78 is 27.0. The zero-order valence-electron chi connectivity index (χ0n) is 24.7. The van der Waals surface area contributed by atoms with Gasteiger partial charge in [-0.2, -0.15) is 0 Å². The normalized spacial score (nSPS) is 13.0. The summed E-state index contributed by atoms with van der Waals surface area (Å²) in [5.74, 6) is -0.592. The Morgan fingerprint density at radius 1 is 0.881 bits per heavy atom. The molecule has 7 nitrogen and oxygen atoms in total. The van der Waals surface area contributed by atoms with E-state index in [-0.39, 0.29) is 30.8 Å². The van der Waals surface area contributed by atoms with Crippen molar-refractivity contribution in [2.24, 2.45) is 0 Å². The van der Waals surface area contributed by atoms with E-state index in [1.165, 1.54) is 4.90 Å². The van der Waals surface area contributed by atoms with Gasteiger partial charge in [0.15, 0.2) is 0 Å². The number of halogens is 2. The molecule has 1 N–H and O–H groups in total. The molecule has 226 valence electrons. The van der Waals surface area contributed by atoms with Crippen molar-refractivity contribution in [3.63, 3.8) is 0 Å². The molecule has 0 unspecified atom stereocenters. The van der Waals surface area contributed by atoms with E-state index in [0.717, 1.165) is 21.7 Å². The van der Waals surface area contributed by atoms with Crippen LogP contribution in [-0.4, -0.2) is 50.0 Å². The molecule has 2 atom stereocenters. The Kier molecular flexibility index (Phi) is 11.9. The lowest BCUT2D eigenvalue weighted by Crippen LogP contribution is -2.54. The fraction of sp³-hybridized carbons (Fsp3) is 0.375. The van der Waals surface area contributed by atoms with Gasteiger partial charge in [-0.15, -0.1) is 0 Å². The molecule has 2 amide bonds. The third-order valence-electron chi connectivity index (χ3n) is 7.14. The lowest BCUT2D eigenvalue weighted by molar-refractivity contribution is -0.140. The van der Waals surface area contributed by atoms with Crippen LogP contribution in [0.25, 0.3) is 0 Å². The van der Waals surface area contributed by atoms with Gasteiger partial charge in [-0.25, -0.2) is 8.42 Å². The highest BCUT2D eigenvalue weighted by atomic mass is 35.5. The van der Waals surface area contributed by atoms with Crippen molar-refractivity contribution in [3.05, 3.63) is 99.5 Å². The summed E-state index contributed by atoms with van der Waals surface area (Å²) in [4.78, 5) is 29.4. The standard InChI is InChI=1S/C32H39Cl2N3O4S/c1-6-23(4)35-32(39)30(19-24-10-8-7-9-11-24)36(20-25-12-17-28(33)29(34)18-25)31(38)21-37(42(5,40)41)27-15-13-26(14-16-27)22(2)3/h7-18,22-23,30H,6,19-21H2,1-5H3,(H,35,39)/t23-,30+/m0/s1. The molecule has 0 heterocycles. The third kappa shape index (κ3) is 9.21. The van der Waals surface area contributed by atoms with Crippen LogP contribution >= 0.6 is 23.2 Å². The lowest BCUT2D eigenvalue weighted by Gasteiger charge is -2.34. The van der Waals surface area contributed by atoms with Crippen molar-refractivity contribution in [2.75, 3.05) is 17.1 Å². The number of amides is 2. The van der Waals surface area contributed by atoms with Crippen molar-refractivity contribution in [1.29, 1.82) is 0 Å². The maximum Gasteiger partial charge on any atom is 0.244 e. The molecule has 0 aromatic heterocycles. The van der Waals surface area contributed by atoms with E-state index in [9.17, 15) is 18.0 Å². The van der Waals surface area contributed by atoms with Gasteiger partial charge in [0.05, 0.1) is 22.0 Å². The van der Waals surface area contributed by atoms with Crippen LogP contribution in [0.15, 0.2) is 72.8 Å². The van der Waals surface area contributed by atoms with E-state index < -0.39 is 28.5 Å². The monoisotopic (exact) mass is 631 g/mol. The first-order valence-electron chi connectivity index (χ1n) is 14.0. The van der Waals surface area contributed by atoms with Crippen LogP contribution in [0.2, 0.25) is 10.0 Å². The fourth-order valence-electron chi connectivity index (χ4n) is 4.47. The second-order valence-corrected chi connectivity index (χ2v) is 13.5. The van der Waals surface area contributed by atoms with Crippen LogP contribution < -0.4 is 9.62 Å². The van der Waals surface area contributed by atoms with Gasteiger partial charge in [-0.1, -0.05) is 92.5 Å². The average molecular weight is 633 g/mol. The van der Waals surface area contributed by atoms with Crippen LogP contribution in [0.1, 0.15) is 56.7 Å². The predicted molar refractivity (Wildman–Crippen MR) is 172 cm³/mol. The Bertz CT molecular complexity index is 1460. The summed E-state index contributed by atoms with van der Waals surface area (Å²) in [5.41, 5.74) is 2.93. The summed E-state index contributed by atoms with van der Waals surface area (Å²) in [6, 6.07) is 20.5. The number of sulfonamides is 1. The Morgan fingerprint density at radius 3 is 2.07 bits per heavy atom. The van der Waals surface area contributed by atoms with Gasteiger partial charge in [0.25, 0.3) is 0 Å². The minimum Gasteiger partial charge on any atom is -0.352 e. The number of benzene rings is 3. The number of carbonyl (C=O) groups is 2. The highest BCUT2D eigenvalue weighted by molar-refractivity contribution is 7.92. The van der Waals surface area contributed by atoms with Crippen molar-refractivity contribution in [1.82, 2.24) is 10.2 Å². The molecule has 0 aliphatic carbocycles. The summed E-state index contributed by atoms with van der Waals surface area (Å²) in [5, 5.41) is 3.69. The molecular formula is C32H39Cl2N3O4S. The van der Waals surface area contributed by atoms with Gasteiger partial charge in [-0.05, 0) is 60.2 Å². The van der Waals surface area contributed by atoms with E-state index >= 15 is 0 Å². The van der Waals surface area contributed by atoms with Gasteiger partial charge in [0, 0.05) is 19.0 Å². The van der Waals surface area contributed by atoms with Crippen LogP contribution in [-0.2, 0) is 32.6 Å². The molecule has 42 heavy (non-hydrogen) atoms. The minimum absolute atomic E-state index is 0.0189. The van der Waals surface area contributed by atoms with Crippen LogP contribution in [0.4, 0.5) is 5.69 Å². The second kappa shape index (κ2) is 14.9. The Balaban J connectivity index is 2.07. The van der Waals surface area contributed by atoms with Crippen molar-refractivity contribution < 1.29 is 18.0 Å². The van der Waals surface area contributed by atoms with Crippen LogP contribution in [0, 0.1) is 0 Å². The summed E-state index contributed by atoms with van der Waals surface area (Å²) in [7, 11) is -3.85. The molecule has 3 rings (SSSR count). The number of nitrogens with one attached hydrogen (secondary N) is 1. The average Bonchev–Trinajstić information content (AvgIpc) is 2.95. The molecule has 0 saturated heterocycles. The van der Waals surface area contributed by atoms with Crippen LogP contribution in [0.3, 0.4) is 0 Å². The summed E-state index contributed by atoms with van der Waals surface area (Å²) >= 11 is 12.4. The van der Waals surface area contributed by atoms with E-state index in [1.807, 2.05) is 70.2 Å². The molecule has 0 fully saturated rings. The Hall–Kier alpha value is -3.07. The number of hydrogen-bond acceptors (Lipinski definition) is 4. The number of hydrogen-bond donors (Lipinski definition) is 1. The summed E-state index contributed by atoms with van der Waals surface area (Å²) in [6.07, 6.45) is 2.01. The van der Waals surface area contributed by atoms with Crippen molar-refractivity contribution in [2.45, 2.75) is 65.1 Å². The molecule has 0 aliphatic heterocycles. The van der Waals surface area contributed by atoms with E-state index in [0.29, 0.717) is 27.7 Å². The lowest BCUT2D eigenvalue weighted by atomic mass is 10.0. The zero-order valence-corrected chi connectivity index (χ0v) is 27.0. The quantitative estimate of drug-likeness (QED) is 0.235. The highest BCUT2D eigenvalue weighted by Crippen LogP contribution is 2.26. The van der Waals surface area contributed by atoms with Crippen LogP contribution in [0.5, 0.6) is 0 Å². The molecule has 3 aromatic carbocycles. The van der Waals surface area contributed by atoms with E-state index in [1.54, 1.807) is 30.3 Å². The summed E-state index contributed by atoms with van der Waals surface area (Å²) in [6.45, 7) is 7.49. The molecule has 3 aromatic rings. The zero-order chi connectivity index (χ0) is 31.0. The first-order valence-corrected chi connectivity index (χ1v) is 16.6. The highest BCUT2D eigenvalue weighted by Gasteiger charge is 2.33. The SMILES string of the molecule is CC[C@H](C)NC(=O)[C@@H](Cc1ccccc1)N(Cc1ccc(Cl)c(Cl)c1)C(=O)CN(c1ccc(C(C)C)cc1)S(C)(=O)=O. The molecule has 0 bridgehead atoms. The maximum atomic E-state index is 14.2. The van der Waals surface area contributed by atoms with Crippen molar-refractivity contribution >= 4 is 50.7 Å². The van der Waals surface area contributed by atoms with Crippen molar-refractivity contribution in [3.8, 4) is 0 Å². The van der Waals surface area contributed by atoms with E-state index in [2.05, 4.69) is 5.32 Å². The van der Waals surface area contributed by atoms with E-state index in [4.69, 9.17) is 23.2 Å². The fourth-order valence-corrected chi connectivity index (χ4v) is 5.64. The van der Waals surface area contributed by atoms with Gasteiger partial charge < -0.3 is 10.2 Å². The predicted octanol–water partition coefficient (Wildman–Crippen LogP) is 6.44. The Morgan fingerprint density at radius 2 is 1.52 bits per heavy atom. The minimum atomic E-state index is -3.85. The first-order chi connectivity index (χ1) is 19.8. The van der Waals surface area contributed by atoms with Gasteiger partial charge in [-0.3, -0.25) is 13.9 Å². The maximum absolute atomic E-state index is 14.2. The molecule has 0 saturated carbocycles. The number of carbonyl (C=O) groups excluding carboxylic acids is 2. The molecule has 0 spiro atoms. The molecular weight excluding hydrogens is 593 g/mol. The first kappa shape index (κ1) is 33.4. The molecule has 10 heteroatoms. The molecule has 0 radical (unpaired) electrons. The number of nitrogens with zero attached hydrogens (tertiary/aromatic N) is 2. The van der Waals surface area contributed by atoms with Gasteiger partial charge in [0.1, 0.15) is 12.6 Å². The third-order valence-corrected chi connectivity index (χ3v) is 9.02. The largest absolute Gasteiger partial charge is 0.352 e. The second-order valence-electron chi connectivity index (χ2n) is 10.8. The number of rotatable bonds is 13. The molecule has 0 aliphatic rings. The smallest absolute Gasteiger partial charge is 0.244 e. The van der Waals surface area contributed by atoms with Gasteiger partial charge in [0.2, 0.25) is 21.8 Å². The Labute approximate surface area is 259 Å². The topological polar surface area (TPSA) is 86.8 Å². The van der Waals surface area contributed by atoms with Gasteiger partial charge >= 0.3 is 0 Å².